The number of methoxy groups -OCH3 is 2. The molecule has 0 aromatic carbocycles. The third-order valence-electron chi connectivity index (χ3n) is 7.95. The first kappa shape index (κ1) is 24.1. The number of fused-ring (bicyclic) bond motifs is 2. The third-order valence-corrected chi connectivity index (χ3v) is 7.95. The van der Waals surface area contributed by atoms with Gasteiger partial charge < -0.3 is 29.7 Å². The van der Waals surface area contributed by atoms with Crippen LogP contribution in [-0.2, 0) is 14.2 Å². The Kier molecular flexibility index (Phi) is 6.43. The van der Waals surface area contributed by atoms with Gasteiger partial charge in [-0.2, -0.15) is 9.61 Å². The summed E-state index contributed by atoms with van der Waals surface area (Å²) in [6.45, 7) is 1.28. The quantitative estimate of drug-likeness (QED) is 0.586. The molecule has 2 fully saturated rings. The third kappa shape index (κ3) is 4.11. The molecule has 5 atom stereocenters. The smallest absolute Gasteiger partial charge is 0.257 e. The first-order valence-electron chi connectivity index (χ1n) is 12.9. The van der Waals surface area contributed by atoms with Gasteiger partial charge in [0.05, 0.1) is 36.7 Å². The summed E-state index contributed by atoms with van der Waals surface area (Å²) in [6.07, 6.45) is 11.4. The summed E-state index contributed by atoms with van der Waals surface area (Å²) >= 11 is 0. The minimum atomic E-state index is -0.192. The summed E-state index contributed by atoms with van der Waals surface area (Å²) in [5.74, 6) is 1.63. The molecule has 196 valence electrons. The Morgan fingerprint density at radius 2 is 2.05 bits per heavy atom. The SMILES string of the molecule is CNc1cc(C2=CN=C3C2CC=CN3C2CCOC[C@@H]2OC)nc2c(C(=O)NC3CC[C@@H]3OC)cnn12. The molecule has 1 aliphatic carbocycles. The average Bonchev–Trinajstić information content (AvgIpc) is 3.55. The van der Waals surface area contributed by atoms with E-state index in [4.69, 9.17) is 24.2 Å². The van der Waals surface area contributed by atoms with Crippen LogP contribution in [0, 0.1) is 5.92 Å². The number of ether oxygens (including phenoxy) is 3. The largest absolute Gasteiger partial charge is 0.379 e. The summed E-state index contributed by atoms with van der Waals surface area (Å²) in [4.78, 5) is 25.2. The summed E-state index contributed by atoms with van der Waals surface area (Å²) < 4.78 is 18.5. The van der Waals surface area contributed by atoms with Gasteiger partial charge in [0.25, 0.3) is 5.91 Å². The van der Waals surface area contributed by atoms with Gasteiger partial charge in [0.15, 0.2) is 5.65 Å². The van der Waals surface area contributed by atoms with E-state index in [9.17, 15) is 4.79 Å². The molecule has 2 N–H and O–H groups in total. The van der Waals surface area contributed by atoms with Crippen LogP contribution >= 0.6 is 0 Å². The van der Waals surface area contributed by atoms with Crippen molar-refractivity contribution in [3.63, 3.8) is 0 Å². The lowest BCUT2D eigenvalue weighted by Crippen LogP contribution is -2.51. The minimum Gasteiger partial charge on any atom is -0.379 e. The molecule has 5 heterocycles. The van der Waals surface area contributed by atoms with Gasteiger partial charge in [0, 0.05) is 57.8 Å². The number of carbonyl (C=O) groups is 1. The normalized spacial score (nSPS) is 28.9. The van der Waals surface area contributed by atoms with Gasteiger partial charge in [-0.15, -0.1) is 0 Å². The van der Waals surface area contributed by atoms with Crippen LogP contribution in [-0.4, -0.2) is 90.0 Å². The summed E-state index contributed by atoms with van der Waals surface area (Å²) in [5, 5.41) is 10.7. The van der Waals surface area contributed by atoms with Crippen molar-refractivity contribution in [3.8, 4) is 0 Å². The summed E-state index contributed by atoms with van der Waals surface area (Å²) in [5.41, 5.74) is 2.75. The van der Waals surface area contributed by atoms with Crippen molar-refractivity contribution in [1.29, 1.82) is 0 Å². The molecule has 1 saturated heterocycles. The highest BCUT2D eigenvalue weighted by molar-refractivity contribution is 6.02. The number of amidine groups is 1. The topological polar surface area (TPSA) is 115 Å². The number of nitrogens with zero attached hydrogens (tertiary/aromatic N) is 5. The standard InChI is InChI=1S/C26H33N7O4/c1-27-23-11-19(30-25-17(13-29-33(23)25)26(34)31-18-6-7-21(18)35-2)16-12-28-24-15(16)5-4-9-32(24)20-8-10-37-14-22(20)36-3/h4,9,11-13,15,18,20-22,27H,5-8,10,14H2,1-3H3,(H,31,34)/t15?,18?,20?,21-,22-/m0/s1. The van der Waals surface area contributed by atoms with E-state index in [0.29, 0.717) is 24.4 Å². The maximum absolute atomic E-state index is 13.2. The maximum Gasteiger partial charge on any atom is 0.257 e. The number of aliphatic imine (C=N–C) groups is 1. The van der Waals surface area contributed by atoms with Crippen molar-refractivity contribution in [3.05, 3.63) is 42.0 Å². The minimum absolute atomic E-state index is 0.00836. The van der Waals surface area contributed by atoms with Crippen LogP contribution in [0.1, 0.15) is 41.7 Å². The van der Waals surface area contributed by atoms with E-state index >= 15 is 0 Å². The molecule has 3 aliphatic heterocycles. The molecule has 1 saturated carbocycles. The second kappa shape index (κ2) is 9.88. The van der Waals surface area contributed by atoms with Crippen molar-refractivity contribution < 1.29 is 19.0 Å². The molecule has 37 heavy (non-hydrogen) atoms. The maximum atomic E-state index is 13.2. The Labute approximate surface area is 215 Å². The highest BCUT2D eigenvalue weighted by Crippen LogP contribution is 2.38. The van der Waals surface area contributed by atoms with Crippen molar-refractivity contribution in [2.75, 3.05) is 39.8 Å². The molecule has 1 amide bonds. The fourth-order valence-electron chi connectivity index (χ4n) is 5.70. The molecule has 6 rings (SSSR count). The highest BCUT2D eigenvalue weighted by atomic mass is 16.5. The van der Waals surface area contributed by atoms with Crippen LogP contribution < -0.4 is 10.6 Å². The predicted octanol–water partition coefficient (Wildman–Crippen LogP) is 2.07. The number of anilines is 1. The fourth-order valence-corrected chi connectivity index (χ4v) is 5.70. The van der Waals surface area contributed by atoms with Crippen LogP contribution in [0.5, 0.6) is 0 Å². The molecule has 11 heteroatoms. The number of amides is 1. The van der Waals surface area contributed by atoms with Crippen LogP contribution in [0.25, 0.3) is 11.2 Å². The Hall–Kier alpha value is -3.28. The Balaban J connectivity index is 1.29. The number of aromatic nitrogens is 3. The van der Waals surface area contributed by atoms with Crippen LogP contribution in [0.15, 0.2) is 35.7 Å². The Morgan fingerprint density at radius 3 is 2.81 bits per heavy atom. The lowest BCUT2D eigenvalue weighted by Gasteiger charge is -2.41. The number of carbonyl (C=O) groups excluding carboxylic acids is 1. The van der Waals surface area contributed by atoms with Crippen molar-refractivity contribution in [2.24, 2.45) is 10.9 Å². The Morgan fingerprint density at radius 1 is 1.19 bits per heavy atom. The van der Waals surface area contributed by atoms with E-state index in [1.54, 1.807) is 24.9 Å². The molecule has 3 unspecified atom stereocenters. The van der Waals surface area contributed by atoms with E-state index in [1.165, 1.54) is 0 Å². The molecule has 11 nitrogen and oxygen atoms in total. The monoisotopic (exact) mass is 507 g/mol. The average molecular weight is 508 g/mol. The number of allylic oxidation sites excluding steroid dienone is 1. The van der Waals surface area contributed by atoms with Gasteiger partial charge in [-0.1, -0.05) is 6.08 Å². The molecule has 0 radical (unpaired) electrons. The second-order valence-corrected chi connectivity index (χ2v) is 9.86. The second-order valence-electron chi connectivity index (χ2n) is 9.86. The van der Waals surface area contributed by atoms with Gasteiger partial charge in [0.2, 0.25) is 0 Å². The molecule has 0 bridgehead atoms. The molecule has 2 aromatic rings. The van der Waals surface area contributed by atoms with E-state index in [1.807, 2.05) is 19.3 Å². The van der Waals surface area contributed by atoms with Gasteiger partial charge in [0.1, 0.15) is 23.3 Å². The van der Waals surface area contributed by atoms with Gasteiger partial charge in [-0.05, 0) is 25.7 Å². The first-order valence-corrected chi connectivity index (χ1v) is 12.9. The van der Waals surface area contributed by atoms with Crippen molar-refractivity contribution >= 4 is 28.8 Å². The fraction of sp³-hybridized carbons (Fsp3) is 0.538. The van der Waals surface area contributed by atoms with Gasteiger partial charge in [-0.3, -0.25) is 4.79 Å². The van der Waals surface area contributed by atoms with Crippen LogP contribution in [0.4, 0.5) is 5.82 Å². The van der Waals surface area contributed by atoms with Crippen molar-refractivity contribution in [2.45, 2.75) is 50.0 Å². The van der Waals surface area contributed by atoms with Crippen LogP contribution in [0.3, 0.4) is 0 Å². The zero-order valence-corrected chi connectivity index (χ0v) is 21.4. The zero-order chi connectivity index (χ0) is 25.5. The zero-order valence-electron chi connectivity index (χ0n) is 21.4. The summed E-state index contributed by atoms with van der Waals surface area (Å²) in [7, 11) is 5.25. The number of nitrogens with one attached hydrogen (secondary N) is 2. The number of hydrogen-bond donors (Lipinski definition) is 2. The van der Waals surface area contributed by atoms with E-state index in [-0.39, 0.29) is 36.1 Å². The Bertz CT molecular complexity index is 1280. The number of hydrogen-bond acceptors (Lipinski definition) is 9. The van der Waals surface area contributed by atoms with E-state index in [2.05, 4.69) is 32.9 Å². The summed E-state index contributed by atoms with van der Waals surface area (Å²) in [6, 6.07) is 2.14. The molecular weight excluding hydrogens is 474 g/mol. The van der Waals surface area contributed by atoms with E-state index in [0.717, 1.165) is 48.6 Å². The molecule has 2 aromatic heterocycles. The molecule has 4 aliphatic rings. The van der Waals surface area contributed by atoms with Gasteiger partial charge >= 0.3 is 0 Å². The lowest BCUT2D eigenvalue weighted by atomic mass is 9.89. The molecule has 0 spiro atoms. The van der Waals surface area contributed by atoms with Crippen LogP contribution in [0.2, 0.25) is 0 Å². The van der Waals surface area contributed by atoms with Gasteiger partial charge in [-0.25, -0.2) is 9.98 Å². The lowest BCUT2D eigenvalue weighted by molar-refractivity contribution is -0.0635. The van der Waals surface area contributed by atoms with E-state index < -0.39 is 0 Å². The molecular formula is C26H33N7O4. The highest BCUT2D eigenvalue weighted by Gasteiger charge is 2.39. The first-order chi connectivity index (χ1) is 18.1. The number of rotatable bonds is 7. The predicted molar refractivity (Wildman–Crippen MR) is 138 cm³/mol. The van der Waals surface area contributed by atoms with Crippen molar-refractivity contribution in [1.82, 2.24) is 24.8 Å².